The van der Waals surface area contributed by atoms with Crippen molar-refractivity contribution in [3.63, 3.8) is 0 Å². The van der Waals surface area contributed by atoms with Crippen LogP contribution < -0.4 is 14.4 Å². The zero-order chi connectivity index (χ0) is 36.3. The molecule has 3 rings (SSSR count). The summed E-state index contributed by atoms with van der Waals surface area (Å²) in [5, 5.41) is 18.7. The predicted molar refractivity (Wildman–Crippen MR) is 223 cm³/mol. The third-order valence-corrected chi connectivity index (χ3v) is 11.1. The van der Waals surface area contributed by atoms with E-state index in [1.165, 1.54) is 33.4 Å². The molecule has 0 unspecified atom stereocenters. The second kappa shape index (κ2) is 22.3. The number of allylic oxidation sites excluding steroid dienone is 5. The molecule has 0 saturated heterocycles. The van der Waals surface area contributed by atoms with Crippen molar-refractivity contribution in [2.24, 2.45) is 4.99 Å². The molecule has 0 aliphatic heterocycles. The van der Waals surface area contributed by atoms with Crippen LogP contribution in [0.3, 0.4) is 0 Å². The Morgan fingerprint density at radius 1 is 0.820 bits per heavy atom. The summed E-state index contributed by atoms with van der Waals surface area (Å²) in [6, 6.07) is 17.4. The Balaban J connectivity index is 1.42. The standard InChI is InChI=1S/C42H57N4O2S2/c1-8-37(33(4)29-39-11-13-41(31-35(39)6)45(9-2)22-25-47)15-18-43-19-27-49-50-28-24-44-20-16-38(17-21-44)34(5)30-40-12-14-42(32-36(40)7)46(10-3)23-26-48/h8,11-18,20-21,29-32,47-48H,1,9-10,19,22-28H2,2-7H3/q+1/b33-29+,37-15+,43-18?. The molecule has 0 fully saturated rings. The van der Waals surface area contributed by atoms with Gasteiger partial charge in [0.2, 0.25) is 0 Å². The Labute approximate surface area is 309 Å². The van der Waals surface area contributed by atoms with Crippen molar-refractivity contribution in [1.82, 2.24) is 0 Å². The van der Waals surface area contributed by atoms with Gasteiger partial charge in [0.05, 0.1) is 19.0 Å². The molecule has 0 saturated carbocycles. The highest BCUT2D eigenvalue weighted by Crippen LogP contribution is 2.25. The van der Waals surface area contributed by atoms with E-state index in [0.717, 1.165) is 60.2 Å². The summed E-state index contributed by atoms with van der Waals surface area (Å²) in [6.07, 6.45) is 14.6. The second-order valence-electron chi connectivity index (χ2n) is 12.2. The van der Waals surface area contributed by atoms with Crippen molar-refractivity contribution < 1.29 is 14.8 Å². The van der Waals surface area contributed by atoms with Crippen LogP contribution in [0, 0.1) is 13.8 Å². The smallest absolute Gasteiger partial charge is 0.169 e. The average Bonchev–Trinajstić information content (AvgIpc) is 3.12. The number of aryl methyl sites for hydroxylation is 3. The molecule has 0 radical (unpaired) electrons. The lowest BCUT2D eigenvalue weighted by Crippen LogP contribution is -2.33. The first-order chi connectivity index (χ1) is 24.2. The molecule has 0 aliphatic carbocycles. The van der Waals surface area contributed by atoms with Gasteiger partial charge in [0.1, 0.15) is 0 Å². The fraction of sp³-hybridized carbons (Fsp3) is 0.381. The summed E-state index contributed by atoms with van der Waals surface area (Å²) in [6.45, 7) is 21.9. The number of hydrogen-bond acceptors (Lipinski definition) is 7. The van der Waals surface area contributed by atoms with Crippen molar-refractivity contribution in [3.8, 4) is 0 Å². The van der Waals surface area contributed by atoms with Crippen LogP contribution in [0.4, 0.5) is 11.4 Å². The van der Waals surface area contributed by atoms with E-state index in [2.05, 4.69) is 141 Å². The quantitative estimate of drug-likeness (QED) is 0.0380. The first-order valence-electron chi connectivity index (χ1n) is 17.6. The summed E-state index contributed by atoms with van der Waals surface area (Å²) in [5.41, 5.74) is 11.8. The van der Waals surface area contributed by atoms with E-state index < -0.39 is 0 Å². The predicted octanol–water partition coefficient (Wildman–Crippen LogP) is 8.46. The van der Waals surface area contributed by atoms with E-state index in [1.54, 1.807) is 0 Å². The number of aliphatic hydroxyl groups is 2. The van der Waals surface area contributed by atoms with Gasteiger partial charge >= 0.3 is 0 Å². The van der Waals surface area contributed by atoms with Gasteiger partial charge in [0, 0.05) is 68.2 Å². The maximum atomic E-state index is 9.35. The third-order valence-electron chi connectivity index (χ3n) is 8.69. The molecule has 6 nitrogen and oxygen atoms in total. The highest BCUT2D eigenvalue weighted by Gasteiger charge is 2.08. The molecular weight excluding hydrogens is 657 g/mol. The Morgan fingerprint density at radius 2 is 1.38 bits per heavy atom. The van der Waals surface area contributed by atoms with Crippen LogP contribution >= 0.6 is 21.6 Å². The van der Waals surface area contributed by atoms with Crippen LogP contribution in [0.2, 0.25) is 0 Å². The Kier molecular flexibility index (Phi) is 18.2. The highest BCUT2D eigenvalue weighted by atomic mass is 33.1. The minimum absolute atomic E-state index is 0.151. The van der Waals surface area contributed by atoms with Crippen LogP contribution in [-0.2, 0) is 6.54 Å². The number of aromatic nitrogens is 1. The monoisotopic (exact) mass is 713 g/mol. The maximum Gasteiger partial charge on any atom is 0.169 e. The van der Waals surface area contributed by atoms with Gasteiger partial charge in [-0.15, -0.1) is 0 Å². The SMILES string of the molecule is C=CC(=C\C=NCCSSCC[n+]1ccc(/C(C)=C/c2ccc(N(CC)CCO)cc2C)cc1)/C(C)=C/c1ccc(N(CC)CCO)cc1C. The van der Waals surface area contributed by atoms with Crippen molar-refractivity contribution >= 4 is 56.9 Å². The number of aliphatic hydroxyl groups excluding tert-OH is 2. The summed E-state index contributed by atoms with van der Waals surface area (Å²) in [7, 11) is 3.76. The summed E-state index contributed by atoms with van der Waals surface area (Å²) in [5.74, 6) is 2.00. The van der Waals surface area contributed by atoms with E-state index >= 15 is 0 Å². The zero-order valence-electron chi connectivity index (χ0n) is 30.9. The van der Waals surface area contributed by atoms with Crippen molar-refractivity contribution in [2.45, 2.75) is 48.1 Å². The number of hydrogen-bond donors (Lipinski definition) is 2. The van der Waals surface area contributed by atoms with E-state index in [4.69, 9.17) is 0 Å². The largest absolute Gasteiger partial charge is 0.395 e. The van der Waals surface area contributed by atoms with Crippen LogP contribution in [-0.4, -0.2) is 73.9 Å². The first kappa shape index (κ1) is 40.9. The van der Waals surface area contributed by atoms with Gasteiger partial charge in [-0.1, -0.05) is 58.5 Å². The lowest BCUT2D eigenvalue weighted by Gasteiger charge is -2.23. The summed E-state index contributed by atoms with van der Waals surface area (Å²) >= 11 is 0. The van der Waals surface area contributed by atoms with Gasteiger partial charge in [0.25, 0.3) is 0 Å². The maximum absolute atomic E-state index is 9.35. The van der Waals surface area contributed by atoms with E-state index in [-0.39, 0.29) is 13.2 Å². The van der Waals surface area contributed by atoms with Crippen molar-refractivity contribution in [2.75, 3.05) is 67.2 Å². The fourth-order valence-corrected chi connectivity index (χ4v) is 7.49. The number of benzene rings is 2. The van der Waals surface area contributed by atoms with Crippen LogP contribution in [0.5, 0.6) is 0 Å². The molecule has 2 N–H and O–H groups in total. The Hall–Kier alpha value is -3.56. The molecule has 268 valence electrons. The molecule has 1 aromatic heterocycles. The molecule has 0 atom stereocenters. The van der Waals surface area contributed by atoms with E-state index in [1.807, 2.05) is 40.0 Å². The minimum atomic E-state index is 0.151. The van der Waals surface area contributed by atoms with Crippen molar-refractivity contribution in [3.05, 3.63) is 119 Å². The minimum Gasteiger partial charge on any atom is -0.395 e. The van der Waals surface area contributed by atoms with Gasteiger partial charge in [-0.2, -0.15) is 0 Å². The Bertz CT molecular complexity index is 1630. The zero-order valence-corrected chi connectivity index (χ0v) is 32.6. The highest BCUT2D eigenvalue weighted by molar-refractivity contribution is 8.76. The van der Waals surface area contributed by atoms with Gasteiger partial charge in [-0.3, -0.25) is 4.99 Å². The number of nitrogens with zero attached hydrogens (tertiary/aromatic N) is 4. The number of aliphatic imine (C=N–C) groups is 1. The van der Waals surface area contributed by atoms with Crippen LogP contribution in [0.15, 0.2) is 95.8 Å². The number of rotatable bonds is 21. The first-order valence-corrected chi connectivity index (χ1v) is 20.1. The average molecular weight is 714 g/mol. The second-order valence-corrected chi connectivity index (χ2v) is 14.9. The number of anilines is 2. The number of pyridine rings is 1. The molecule has 0 bridgehead atoms. The Morgan fingerprint density at radius 3 is 1.90 bits per heavy atom. The molecule has 0 amide bonds. The lowest BCUT2D eigenvalue weighted by molar-refractivity contribution is -0.692. The summed E-state index contributed by atoms with van der Waals surface area (Å²) in [4.78, 5) is 8.98. The number of likely N-dealkylation sites (N-methyl/N-ethyl adjacent to an activating group) is 2. The normalized spacial score (nSPS) is 12.5. The topological polar surface area (TPSA) is 63.2 Å². The van der Waals surface area contributed by atoms with Crippen molar-refractivity contribution in [1.29, 1.82) is 0 Å². The van der Waals surface area contributed by atoms with Gasteiger partial charge in [-0.25, -0.2) is 4.57 Å². The van der Waals surface area contributed by atoms with E-state index in [0.29, 0.717) is 13.1 Å². The molecule has 1 heterocycles. The fourth-order valence-electron chi connectivity index (χ4n) is 5.64. The van der Waals surface area contributed by atoms with Crippen LogP contribution in [0.1, 0.15) is 55.5 Å². The van der Waals surface area contributed by atoms with Crippen LogP contribution in [0.25, 0.3) is 17.7 Å². The summed E-state index contributed by atoms with van der Waals surface area (Å²) < 4.78 is 2.24. The lowest BCUT2D eigenvalue weighted by atomic mass is 10.0. The third kappa shape index (κ3) is 13.0. The van der Waals surface area contributed by atoms with Gasteiger partial charge in [-0.05, 0) is 116 Å². The van der Waals surface area contributed by atoms with E-state index in [9.17, 15) is 10.2 Å². The molecular formula is C42H57N4O2S2+. The molecule has 2 aromatic carbocycles. The molecule has 0 spiro atoms. The van der Waals surface area contributed by atoms with Gasteiger partial charge < -0.3 is 20.0 Å². The van der Waals surface area contributed by atoms with Gasteiger partial charge in [0.15, 0.2) is 18.9 Å². The molecule has 50 heavy (non-hydrogen) atoms. The molecule has 0 aliphatic rings. The molecule has 3 aromatic rings. The molecule has 8 heteroatoms.